The number of ether oxygens (including phenoxy) is 3. The van der Waals surface area contributed by atoms with E-state index in [1.807, 2.05) is 42.5 Å². The quantitative estimate of drug-likeness (QED) is 0.0117. The van der Waals surface area contributed by atoms with E-state index in [-0.39, 0.29) is 18.7 Å². The highest BCUT2D eigenvalue weighted by molar-refractivity contribution is 7.61. The molecule has 0 saturated carbocycles. The zero-order valence-electron chi connectivity index (χ0n) is 41.9. The zero-order valence-corrected chi connectivity index (χ0v) is 43.7. The fourth-order valence-electron chi connectivity index (χ4n) is 7.17. The lowest BCUT2D eigenvalue weighted by atomic mass is 10.1. The largest absolute Gasteiger partial charge is 0.481 e. The van der Waals surface area contributed by atoms with Crippen molar-refractivity contribution >= 4 is 33.4 Å². The highest BCUT2D eigenvalue weighted by Crippen LogP contribution is 2.60. The number of aromatic nitrogens is 2. The lowest BCUT2D eigenvalue weighted by Gasteiger charge is -2.21. The van der Waals surface area contributed by atoms with Gasteiger partial charge in [-0.2, -0.15) is 9.29 Å². The van der Waals surface area contributed by atoms with Gasteiger partial charge in [0.1, 0.15) is 30.7 Å². The first-order valence-corrected chi connectivity index (χ1v) is 28.4. The maximum absolute atomic E-state index is 12.9. The molecule has 1 aromatic rings. The molecule has 71 heavy (non-hydrogen) atoms. The number of anilines is 1. The Hall–Kier alpha value is -3.58. The third-order valence-electron chi connectivity index (χ3n) is 11.2. The van der Waals surface area contributed by atoms with Gasteiger partial charge in [-0.3, -0.25) is 23.2 Å². The van der Waals surface area contributed by atoms with E-state index in [1.165, 1.54) is 44.6 Å². The van der Waals surface area contributed by atoms with Crippen LogP contribution in [0.15, 0.2) is 77.8 Å². The van der Waals surface area contributed by atoms with Crippen LogP contribution in [-0.2, 0) is 46.3 Å². The van der Waals surface area contributed by atoms with E-state index in [2.05, 4.69) is 35.3 Å². The molecule has 0 amide bonds. The average Bonchev–Trinajstić information content (AvgIpc) is 3.60. The van der Waals surface area contributed by atoms with Crippen molar-refractivity contribution in [2.24, 2.45) is 0 Å². The molecule has 0 radical (unpaired) electrons. The Morgan fingerprint density at radius 1 is 0.746 bits per heavy atom. The van der Waals surface area contributed by atoms with E-state index in [0.717, 1.165) is 81.4 Å². The first-order valence-electron chi connectivity index (χ1n) is 25.4. The van der Waals surface area contributed by atoms with E-state index in [9.17, 15) is 48.6 Å². The van der Waals surface area contributed by atoms with Crippen LogP contribution in [0.25, 0.3) is 0 Å². The van der Waals surface area contributed by atoms with Crippen LogP contribution in [0.5, 0.6) is 0 Å². The van der Waals surface area contributed by atoms with Crippen LogP contribution < -0.4 is 11.4 Å². The summed E-state index contributed by atoms with van der Waals surface area (Å²) in [6.45, 7) is 1.95. The Morgan fingerprint density at radius 3 is 2.01 bits per heavy atom. The van der Waals surface area contributed by atoms with E-state index in [1.54, 1.807) is 6.08 Å². The number of rotatable bonds is 41. The summed E-state index contributed by atoms with van der Waals surface area (Å²) in [6.07, 6.45) is 33.4. The summed E-state index contributed by atoms with van der Waals surface area (Å²) in [5.74, 6) is -1.41. The van der Waals surface area contributed by atoms with Gasteiger partial charge in [0, 0.05) is 19.0 Å². The van der Waals surface area contributed by atoms with Crippen molar-refractivity contribution in [2.75, 3.05) is 25.6 Å². The van der Waals surface area contributed by atoms with Crippen molar-refractivity contribution in [1.29, 1.82) is 0 Å². The number of aliphatic hydroxyl groups is 3. The molecule has 0 aromatic carbocycles. The molecular weight excluding hydrogens is 961 g/mol. The van der Waals surface area contributed by atoms with Crippen LogP contribution in [0.4, 0.5) is 5.82 Å². The first kappa shape index (κ1) is 63.5. The molecule has 7 N–H and O–H groups in total. The standard InChI is InChI=1S/C50H83N3O16P2/c1-3-5-7-8-9-10-11-12-13-14-17-21-24-27-31-35-46(56)67-42(38-64-45(55)34-30-26-23-20-18-15-16-19-22-25-29-33-41(54)32-28-6-4-2)39-65-70(60,61)69-71(62,63)66-40-43-47(57)48(58)49(68-43)53-37-36-44(51)52-50(53)59/h12-13,15-16,20,22-23,25,29,33,36-37,41-43,47-49,54,57-58H,3-11,14,17-19,21,24,26-28,30-32,34-35,38-40H2,1-2H3,(H,60,61)(H,62,63)(H2,51,52,59)/b13-12-,16-15-,23-20-,25-22-,33-29+/t41-,42-,43-,47-,48-,49-/m1/s1. The number of aliphatic hydroxyl groups excluding tert-OH is 3. The van der Waals surface area contributed by atoms with Gasteiger partial charge < -0.3 is 45.1 Å². The SMILES string of the molecule is CCCCCCCC/C=C\CCCCCCCC(=O)O[C@H](COC(=O)CCC/C=C\C/C=C\C/C=C\C=C\[C@H](O)CCCCC)COP(=O)(O)OP(=O)(O)OC[C@H]1O[C@@H](n2ccc(N)nc2=O)[C@H](O)[C@@H]1O. The average molecular weight is 1040 g/mol. The molecule has 1 aliphatic rings. The number of phosphoric acid groups is 2. The van der Waals surface area contributed by atoms with Gasteiger partial charge in [-0.05, 0) is 70.3 Å². The summed E-state index contributed by atoms with van der Waals surface area (Å²) in [6, 6.07) is 1.24. The van der Waals surface area contributed by atoms with Crippen LogP contribution in [0.2, 0.25) is 0 Å². The second-order valence-electron chi connectivity index (χ2n) is 17.5. The minimum Gasteiger partial charge on any atom is -0.462 e. The van der Waals surface area contributed by atoms with Crippen LogP contribution in [-0.4, -0.2) is 96.9 Å². The highest BCUT2D eigenvalue weighted by Gasteiger charge is 2.46. The molecule has 1 saturated heterocycles. The van der Waals surface area contributed by atoms with Gasteiger partial charge in [0.15, 0.2) is 12.3 Å². The third-order valence-corrected chi connectivity index (χ3v) is 13.8. The number of hydrogen-bond acceptors (Lipinski definition) is 16. The Bertz CT molecular complexity index is 1940. The van der Waals surface area contributed by atoms with Crippen LogP contribution in [0, 0.1) is 0 Å². The van der Waals surface area contributed by atoms with E-state index in [4.69, 9.17) is 29.0 Å². The molecule has 0 bridgehead atoms. The van der Waals surface area contributed by atoms with Crippen molar-refractivity contribution in [3.8, 4) is 0 Å². The fourth-order valence-corrected chi connectivity index (χ4v) is 9.29. The zero-order chi connectivity index (χ0) is 52.2. The molecule has 1 aliphatic heterocycles. The number of carbonyl (C=O) groups excluding carboxylic acids is 2. The van der Waals surface area contributed by atoms with Crippen LogP contribution in [0.1, 0.15) is 168 Å². The maximum atomic E-state index is 12.9. The second-order valence-corrected chi connectivity index (χ2v) is 20.6. The van der Waals surface area contributed by atoms with Crippen molar-refractivity contribution in [1.82, 2.24) is 9.55 Å². The summed E-state index contributed by atoms with van der Waals surface area (Å²) in [5.41, 5.74) is 4.58. The fraction of sp³-hybridized carbons (Fsp3) is 0.680. The molecule has 0 spiro atoms. The number of hydrogen-bond donors (Lipinski definition) is 6. The van der Waals surface area contributed by atoms with Gasteiger partial charge in [-0.15, -0.1) is 0 Å². The second kappa shape index (κ2) is 38.1. The summed E-state index contributed by atoms with van der Waals surface area (Å²) < 4.78 is 56.7. The predicted molar refractivity (Wildman–Crippen MR) is 272 cm³/mol. The van der Waals surface area contributed by atoms with Crippen molar-refractivity contribution in [3.63, 3.8) is 0 Å². The summed E-state index contributed by atoms with van der Waals surface area (Å²) in [7, 11) is -10.9. The monoisotopic (exact) mass is 1040 g/mol. The Labute approximate surface area is 420 Å². The molecular formula is C50H83N3O16P2. The lowest BCUT2D eigenvalue weighted by molar-refractivity contribution is -0.161. The maximum Gasteiger partial charge on any atom is 0.481 e. The number of nitrogen functional groups attached to an aromatic ring is 1. The first-order chi connectivity index (χ1) is 34.1. The van der Waals surface area contributed by atoms with Gasteiger partial charge in [0.2, 0.25) is 0 Å². The third kappa shape index (κ3) is 30.9. The summed E-state index contributed by atoms with van der Waals surface area (Å²) >= 11 is 0. The number of nitrogens with two attached hydrogens (primary N) is 1. The minimum atomic E-state index is -5.44. The van der Waals surface area contributed by atoms with Gasteiger partial charge in [-0.1, -0.05) is 145 Å². The molecule has 1 fully saturated rings. The number of carbonyl (C=O) groups is 2. The number of phosphoric ester groups is 2. The highest BCUT2D eigenvalue weighted by atomic mass is 31.3. The van der Waals surface area contributed by atoms with E-state index in [0.29, 0.717) is 25.7 Å². The van der Waals surface area contributed by atoms with Crippen LogP contribution in [0.3, 0.4) is 0 Å². The number of allylic oxidation sites excluding steroid dienone is 9. The Kier molecular flexibility index (Phi) is 34.1. The molecule has 2 unspecified atom stereocenters. The van der Waals surface area contributed by atoms with Crippen molar-refractivity contribution in [2.45, 2.75) is 198 Å². The van der Waals surface area contributed by atoms with Gasteiger partial charge >= 0.3 is 33.3 Å². The normalized spacial score (nSPS) is 20.1. The van der Waals surface area contributed by atoms with Gasteiger partial charge in [0.25, 0.3) is 0 Å². The Morgan fingerprint density at radius 2 is 1.32 bits per heavy atom. The van der Waals surface area contributed by atoms with Crippen LogP contribution >= 0.6 is 15.6 Å². The topological polar surface area (TPSA) is 286 Å². The molecule has 1 aromatic heterocycles. The predicted octanol–water partition coefficient (Wildman–Crippen LogP) is 9.30. The molecule has 404 valence electrons. The van der Waals surface area contributed by atoms with Crippen molar-refractivity contribution < 1.29 is 71.4 Å². The van der Waals surface area contributed by atoms with Gasteiger partial charge in [0.05, 0.1) is 19.3 Å². The number of nitrogens with zero attached hydrogens (tertiary/aromatic N) is 2. The lowest BCUT2D eigenvalue weighted by Crippen LogP contribution is -2.36. The van der Waals surface area contributed by atoms with Crippen molar-refractivity contribution in [3.05, 3.63) is 83.5 Å². The number of unbranched alkanes of at least 4 members (excludes halogenated alkanes) is 14. The van der Waals surface area contributed by atoms with Gasteiger partial charge in [-0.25, -0.2) is 13.9 Å². The smallest absolute Gasteiger partial charge is 0.462 e. The molecule has 2 rings (SSSR count). The molecule has 8 atom stereocenters. The molecule has 2 heterocycles. The number of esters is 2. The summed E-state index contributed by atoms with van der Waals surface area (Å²) in [4.78, 5) is 61.9. The Balaban J connectivity index is 1.84. The molecule has 0 aliphatic carbocycles. The summed E-state index contributed by atoms with van der Waals surface area (Å²) in [5, 5.41) is 30.8. The molecule has 21 heteroatoms. The van der Waals surface area contributed by atoms with E-state index < -0.39 is 89.8 Å². The van der Waals surface area contributed by atoms with E-state index >= 15 is 0 Å². The molecule has 19 nitrogen and oxygen atoms in total. The minimum absolute atomic E-state index is 0.0174.